The number of aliphatic hydroxyl groups is 3. The summed E-state index contributed by atoms with van der Waals surface area (Å²) in [7, 11) is 0. The second-order valence-electron chi connectivity index (χ2n) is 7.40. The number of aromatic nitrogens is 2. The summed E-state index contributed by atoms with van der Waals surface area (Å²) in [5, 5.41) is 29.2. The van der Waals surface area contributed by atoms with Crippen molar-refractivity contribution in [3.8, 4) is 0 Å². The number of allylic oxidation sites excluding steroid dienone is 1. The molecular weight excluding hydrogens is 377 g/mol. The second-order valence-corrected chi connectivity index (χ2v) is 7.40. The number of benzene rings is 1. The molecule has 0 saturated carbocycles. The highest BCUT2D eigenvalue weighted by Gasteiger charge is 2.44. The Hall–Kier alpha value is -2.39. The molecule has 2 aliphatic rings. The van der Waals surface area contributed by atoms with E-state index in [-0.39, 0.29) is 0 Å². The van der Waals surface area contributed by atoms with Crippen molar-refractivity contribution in [3.63, 3.8) is 0 Å². The normalized spacial score (nSPS) is 28.6. The van der Waals surface area contributed by atoms with E-state index >= 15 is 0 Å². The minimum atomic E-state index is -1.15. The highest BCUT2D eigenvalue weighted by atomic mass is 19.1. The van der Waals surface area contributed by atoms with Crippen molar-refractivity contribution < 1.29 is 24.4 Å². The lowest BCUT2D eigenvalue weighted by Gasteiger charge is -2.21. The number of nitrogens with two attached hydrogens (primary N) is 1. The maximum Gasteiger partial charge on any atom is 0.220 e. The Morgan fingerprint density at radius 3 is 2.34 bits per heavy atom. The number of nitrogen functional groups attached to an aromatic ring is 1. The number of hydrogen-bond donors (Lipinski definition) is 4. The van der Waals surface area contributed by atoms with E-state index in [1.54, 1.807) is 6.92 Å². The van der Waals surface area contributed by atoms with Gasteiger partial charge in [-0.25, -0.2) is 14.4 Å². The van der Waals surface area contributed by atoms with Crippen molar-refractivity contribution in [2.45, 2.75) is 57.2 Å². The molecule has 0 amide bonds. The summed E-state index contributed by atoms with van der Waals surface area (Å²) in [6.07, 6.45) is -0.512. The van der Waals surface area contributed by atoms with Crippen molar-refractivity contribution in [1.82, 2.24) is 9.97 Å². The maximum absolute atomic E-state index is 12.7. The number of halogens is 1. The monoisotopic (exact) mass is 403 g/mol. The lowest BCUT2D eigenvalue weighted by molar-refractivity contribution is -0.0635. The first-order chi connectivity index (χ1) is 13.7. The quantitative estimate of drug-likeness (QED) is 0.604. The van der Waals surface area contributed by atoms with E-state index in [1.807, 2.05) is 6.92 Å². The van der Waals surface area contributed by atoms with Crippen LogP contribution in [0, 0.1) is 12.7 Å². The van der Waals surface area contributed by atoms with Crippen LogP contribution in [0.15, 0.2) is 30.3 Å². The van der Waals surface area contributed by atoms with Crippen molar-refractivity contribution in [3.05, 3.63) is 58.7 Å². The summed E-state index contributed by atoms with van der Waals surface area (Å²) >= 11 is 0. The standard InChI is InChI=1S/C12H15FO4.C9H11N3/c1-6-9(14)11(16)12(17-6)10(15)7-2-4-8(13)5-3-7;1-5-3-4-7-6(2)11-9(10)12-8(5)7/h2-6,9-12,14-16H,1H3;3-5H,1-2H3,(H2,10,11,12)/t6-,9-,10-,11-,12+;/m0./s1. The molecule has 0 spiro atoms. The summed E-state index contributed by atoms with van der Waals surface area (Å²) in [6.45, 7) is 5.68. The van der Waals surface area contributed by atoms with Gasteiger partial charge in [0.05, 0.1) is 17.5 Å². The molecular formula is C21H26FN3O4. The topological polar surface area (TPSA) is 122 Å². The molecule has 0 radical (unpaired) electrons. The summed E-state index contributed by atoms with van der Waals surface area (Å²) in [6, 6.07) is 5.29. The number of ether oxygens (including phenoxy) is 1. The predicted octanol–water partition coefficient (Wildman–Crippen LogP) is 1.87. The van der Waals surface area contributed by atoms with Crippen LogP contribution in [0.25, 0.3) is 6.08 Å². The smallest absolute Gasteiger partial charge is 0.220 e. The van der Waals surface area contributed by atoms with Gasteiger partial charge in [-0.3, -0.25) is 0 Å². The molecule has 7 nitrogen and oxygen atoms in total. The van der Waals surface area contributed by atoms with Gasteiger partial charge in [0, 0.05) is 11.5 Å². The fourth-order valence-corrected chi connectivity index (χ4v) is 3.50. The first-order valence-electron chi connectivity index (χ1n) is 9.46. The van der Waals surface area contributed by atoms with E-state index in [9.17, 15) is 19.7 Å². The molecule has 156 valence electrons. The Morgan fingerprint density at radius 1 is 1.10 bits per heavy atom. The highest BCUT2D eigenvalue weighted by molar-refractivity contribution is 5.62. The Kier molecular flexibility index (Phi) is 6.28. The summed E-state index contributed by atoms with van der Waals surface area (Å²) in [4.78, 5) is 8.29. The maximum atomic E-state index is 12.7. The number of nitrogens with zero attached hydrogens (tertiary/aromatic N) is 2. The van der Waals surface area contributed by atoms with Crippen molar-refractivity contribution in [2.24, 2.45) is 0 Å². The van der Waals surface area contributed by atoms with Crippen LogP contribution in [0.4, 0.5) is 10.3 Å². The van der Waals surface area contributed by atoms with E-state index in [1.165, 1.54) is 24.3 Å². The average Bonchev–Trinajstić information content (AvgIpc) is 3.17. The van der Waals surface area contributed by atoms with Gasteiger partial charge in [0.1, 0.15) is 30.2 Å². The van der Waals surface area contributed by atoms with Gasteiger partial charge in [-0.05, 0) is 31.5 Å². The molecule has 1 aromatic carbocycles. The van der Waals surface area contributed by atoms with E-state index in [2.05, 4.69) is 29.0 Å². The molecule has 5 N–H and O–H groups in total. The van der Waals surface area contributed by atoms with Crippen LogP contribution >= 0.6 is 0 Å². The zero-order chi connectivity index (χ0) is 21.3. The van der Waals surface area contributed by atoms with E-state index in [0.717, 1.165) is 17.0 Å². The molecule has 1 fully saturated rings. The van der Waals surface area contributed by atoms with E-state index in [4.69, 9.17) is 10.5 Å². The third kappa shape index (κ3) is 4.45. The van der Waals surface area contributed by atoms with Crippen molar-refractivity contribution in [2.75, 3.05) is 5.73 Å². The van der Waals surface area contributed by atoms with Gasteiger partial charge < -0.3 is 25.8 Å². The molecule has 1 aliphatic heterocycles. The summed E-state index contributed by atoms with van der Waals surface area (Å²) in [5.74, 6) is 0.355. The van der Waals surface area contributed by atoms with Gasteiger partial charge in [-0.2, -0.15) is 0 Å². The number of fused-ring (bicyclic) bond motifs is 1. The van der Waals surface area contributed by atoms with Crippen LogP contribution in [0.1, 0.15) is 48.4 Å². The number of anilines is 1. The fourth-order valence-electron chi connectivity index (χ4n) is 3.50. The largest absolute Gasteiger partial charge is 0.388 e. The van der Waals surface area contributed by atoms with E-state index < -0.39 is 36.3 Å². The first-order valence-corrected chi connectivity index (χ1v) is 9.46. The number of hydrogen-bond acceptors (Lipinski definition) is 7. The molecule has 8 heteroatoms. The Bertz CT molecular complexity index is 890. The van der Waals surface area contributed by atoms with Gasteiger partial charge in [0.25, 0.3) is 0 Å². The molecule has 4 rings (SSSR count). The minimum absolute atomic E-state index is 0.377. The molecule has 0 bridgehead atoms. The van der Waals surface area contributed by atoms with Crippen LogP contribution in [0.3, 0.4) is 0 Å². The van der Waals surface area contributed by atoms with Crippen LogP contribution in [-0.4, -0.2) is 49.7 Å². The predicted molar refractivity (Wildman–Crippen MR) is 106 cm³/mol. The Morgan fingerprint density at radius 2 is 1.76 bits per heavy atom. The molecule has 29 heavy (non-hydrogen) atoms. The van der Waals surface area contributed by atoms with Gasteiger partial charge in [-0.1, -0.05) is 31.2 Å². The molecule has 1 aromatic heterocycles. The molecule has 1 aliphatic carbocycles. The molecule has 2 aromatic rings. The molecule has 1 saturated heterocycles. The van der Waals surface area contributed by atoms with Crippen LogP contribution in [0.2, 0.25) is 0 Å². The zero-order valence-electron chi connectivity index (χ0n) is 16.5. The minimum Gasteiger partial charge on any atom is -0.388 e. The molecule has 6 atom stereocenters. The zero-order valence-corrected chi connectivity index (χ0v) is 16.5. The van der Waals surface area contributed by atoms with Gasteiger partial charge in [0.2, 0.25) is 5.95 Å². The van der Waals surface area contributed by atoms with Crippen molar-refractivity contribution in [1.29, 1.82) is 0 Å². The number of rotatable bonds is 2. The highest BCUT2D eigenvalue weighted by Crippen LogP contribution is 2.31. The summed E-state index contributed by atoms with van der Waals surface area (Å²) in [5.41, 5.74) is 9.15. The van der Waals surface area contributed by atoms with Crippen LogP contribution < -0.4 is 5.73 Å². The lowest BCUT2D eigenvalue weighted by Crippen LogP contribution is -2.34. The second kappa shape index (κ2) is 8.54. The molecule has 2 heterocycles. The number of aliphatic hydroxyl groups excluding tert-OH is 3. The Labute approximate surface area is 168 Å². The summed E-state index contributed by atoms with van der Waals surface area (Å²) < 4.78 is 18.0. The third-order valence-electron chi connectivity index (χ3n) is 5.23. The fraction of sp³-hybridized carbons (Fsp3) is 0.429. The Balaban J connectivity index is 0.000000176. The van der Waals surface area contributed by atoms with E-state index in [0.29, 0.717) is 17.4 Å². The molecule has 1 unspecified atom stereocenters. The SMILES string of the molecule is C[C@@H]1O[C@H]([C@@H](O)c2ccc(F)cc2)[C@@H](O)[C@H]1O.Cc1nc(N)nc2c1C=CC2C. The van der Waals surface area contributed by atoms with Gasteiger partial charge in [-0.15, -0.1) is 0 Å². The number of aryl methyl sites for hydroxylation is 1. The van der Waals surface area contributed by atoms with Gasteiger partial charge >= 0.3 is 0 Å². The van der Waals surface area contributed by atoms with Crippen molar-refractivity contribution >= 4 is 12.0 Å². The van der Waals surface area contributed by atoms with Gasteiger partial charge in [0.15, 0.2) is 0 Å². The van der Waals surface area contributed by atoms with Crippen LogP contribution in [0.5, 0.6) is 0 Å². The lowest BCUT2D eigenvalue weighted by atomic mass is 9.99. The first kappa shape index (κ1) is 21.3. The third-order valence-corrected chi connectivity index (χ3v) is 5.23. The average molecular weight is 403 g/mol. The van der Waals surface area contributed by atoms with Crippen LogP contribution in [-0.2, 0) is 4.74 Å².